The lowest BCUT2D eigenvalue weighted by Crippen LogP contribution is -2.45. The van der Waals surface area contributed by atoms with Gasteiger partial charge in [0.2, 0.25) is 5.91 Å². The number of nitrogens with zero attached hydrogens (tertiary/aromatic N) is 2. The molecule has 2 atom stereocenters. The zero-order valence-corrected chi connectivity index (χ0v) is 13.5. The number of hydrogen-bond donors (Lipinski definition) is 1. The summed E-state index contributed by atoms with van der Waals surface area (Å²) in [5.41, 5.74) is 0.723. The summed E-state index contributed by atoms with van der Waals surface area (Å²) in [5.74, 6) is 0.902. The van der Waals surface area contributed by atoms with Crippen LogP contribution in [-0.4, -0.2) is 49.9 Å². The molecule has 2 rings (SSSR count). The van der Waals surface area contributed by atoms with Crippen molar-refractivity contribution in [1.82, 2.24) is 4.98 Å². The van der Waals surface area contributed by atoms with Crippen molar-refractivity contribution in [2.75, 3.05) is 37.0 Å². The third-order valence-electron chi connectivity index (χ3n) is 3.53. The molecule has 1 fully saturated rings. The number of carbonyl (C=O) groups excluding carboxylic acids is 1. The van der Waals surface area contributed by atoms with E-state index in [-0.39, 0.29) is 18.1 Å². The van der Waals surface area contributed by atoms with Gasteiger partial charge in [0, 0.05) is 33.2 Å². The molecule has 0 unspecified atom stereocenters. The molecule has 1 aliphatic heterocycles. The minimum Gasteiger partial charge on any atom is -0.385 e. The van der Waals surface area contributed by atoms with Crippen LogP contribution in [0.5, 0.6) is 0 Å². The molecule has 22 heavy (non-hydrogen) atoms. The van der Waals surface area contributed by atoms with Gasteiger partial charge in [0.05, 0.1) is 24.1 Å². The molecule has 0 spiro atoms. The SMILES string of the molecule is COCCCC(=O)Nc1ccc(N2C[C@@H](C)O[C@H](C)C2)nc1. The van der Waals surface area contributed by atoms with Gasteiger partial charge < -0.3 is 19.7 Å². The van der Waals surface area contributed by atoms with Crippen LogP contribution in [0.3, 0.4) is 0 Å². The molecule has 1 aliphatic rings. The number of aromatic nitrogens is 1. The van der Waals surface area contributed by atoms with Gasteiger partial charge in [0.25, 0.3) is 0 Å². The van der Waals surface area contributed by atoms with Gasteiger partial charge >= 0.3 is 0 Å². The lowest BCUT2D eigenvalue weighted by atomic mass is 10.2. The van der Waals surface area contributed by atoms with Crippen LogP contribution in [0, 0.1) is 0 Å². The molecular weight excluding hydrogens is 282 g/mol. The maximum Gasteiger partial charge on any atom is 0.224 e. The second kappa shape index (κ2) is 8.10. The van der Waals surface area contributed by atoms with Crippen molar-refractivity contribution in [3.8, 4) is 0 Å². The van der Waals surface area contributed by atoms with Crippen molar-refractivity contribution >= 4 is 17.4 Å². The number of ether oxygens (including phenoxy) is 2. The lowest BCUT2D eigenvalue weighted by molar-refractivity contribution is -0.116. The summed E-state index contributed by atoms with van der Waals surface area (Å²) in [6, 6.07) is 3.83. The molecule has 122 valence electrons. The average molecular weight is 307 g/mol. The van der Waals surface area contributed by atoms with Gasteiger partial charge in [-0.25, -0.2) is 4.98 Å². The molecule has 0 aliphatic carbocycles. The van der Waals surface area contributed by atoms with E-state index in [2.05, 4.69) is 29.0 Å². The largest absolute Gasteiger partial charge is 0.385 e. The molecule has 0 bridgehead atoms. The van der Waals surface area contributed by atoms with Crippen LogP contribution in [0.1, 0.15) is 26.7 Å². The first kappa shape index (κ1) is 16.7. The molecular formula is C16H25N3O3. The van der Waals surface area contributed by atoms with E-state index in [1.165, 1.54) is 0 Å². The number of carbonyl (C=O) groups is 1. The van der Waals surface area contributed by atoms with Crippen LogP contribution in [0.25, 0.3) is 0 Å². The third-order valence-corrected chi connectivity index (χ3v) is 3.53. The van der Waals surface area contributed by atoms with E-state index in [4.69, 9.17) is 9.47 Å². The highest BCUT2D eigenvalue weighted by molar-refractivity contribution is 5.90. The van der Waals surface area contributed by atoms with Crippen molar-refractivity contribution in [3.63, 3.8) is 0 Å². The van der Waals surface area contributed by atoms with Gasteiger partial charge in [0.15, 0.2) is 0 Å². The summed E-state index contributed by atoms with van der Waals surface area (Å²) in [6.07, 6.45) is 3.27. The minimum absolute atomic E-state index is 0.0137. The summed E-state index contributed by atoms with van der Waals surface area (Å²) in [7, 11) is 1.63. The molecule has 1 N–H and O–H groups in total. The monoisotopic (exact) mass is 307 g/mol. The Kier molecular flexibility index (Phi) is 6.15. The maximum atomic E-state index is 11.7. The number of amides is 1. The summed E-state index contributed by atoms with van der Waals surface area (Å²) >= 11 is 0. The molecule has 1 amide bonds. The molecule has 1 aromatic heterocycles. The number of methoxy groups -OCH3 is 1. The number of pyridine rings is 1. The molecule has 1 saturated heterocycles. The Balaban J connectivity index is 1.88. The Morgan fingerprint density at radius 3 is 2.73 bits per heavy atom. The standard InChI is InChI=1S/C16H25N3O3/c1-12-10-19(11-13(2)22-12)15-7-6-14(9-17-15)18-16(20)5-4-8-21-3/h6-7,9,12-13H,4-5,8,10-11H2,1-3H3,(H,18,20)/t12-,13-/m1/s1. The summed E-state index contributed by atoms with van der Waals surface area (Å²) in [4.78, 5) is 18.4. The quantitative estimate of drug-likeness (QED) is 0.815. The first-order chi connectivity index (χ1) is 10.6. The fourth-order valence-electron chi connectivity index (χ4n) is 2.61. The van der Waals surface area contributed by atoms with Crippen molar-refractivity contribution < 1.29 is 14.3 Å². The van der Waals surface area contributed by atoms with Gasteiger partial charge in [-0.05, 0) is 32.4 Å². The Morgan fingerprint density at radius 1 is 1.41 bits per heavy atom. The summed E-state index contributed by atoms with van der Waals surface area (Å²) in [5, 5.41) is 2.85. The fraction of sp³-hybridized carbons (Fsp3) is 0.625. The number of nitrogens with one attached hydrogen (secondary N) is 1. The van der Waals surface area contributed by atoms with E-state index >= 15 is 0 Å². The van der Waals surface area contributed by atoms with Gasteiger partial charge in [-0.15, -0.1) is 0 Å². The molecule has 0 aromatic carbocycles. The zero-order valence-electron chi connectivity index (χ0n) is 13.5. The van der Waals surface area contributed by atoms with E-state index in [9.17, 15) is 4.79 Å². The van der Waals surface area contributed by atoms with E-state index in [0.717, 1.165) is 31.0 Å². The third kappa shape index (κ3) is 4.96. The van der Waals surface area contributed by atoms with Crippen LogP contribution in [0.2, 0.25) is 0 Å². The maximum absolute atomic E-state index is 11.7. The van der Waals surface area contributed by atoms with Crippen LogP contribution < -0.4 is 10.2 Å². The first-order valence-corrected chi connectivity index (χ1v) is 7.73. The van der Waals surface area contributed by atoms with Crippen LogP contribution in [0.15, 0.2) is 18.3 Å². The Hall–Kier alpha value is -1.66. The van der Waals surface area contributed by atoms with E-state index in [1.807, 2.05) is 12.1 Å². The lowest BCUT2D eigenvalue weighted by Gasteiger charge is -2.36. The highest BCUT2D eigenvalue weighted by Gasteiger charge is 2.22. The number of rotatable bonds is 6. The van der Waals surface area contributed by atoms with Gasteiger partial charge in [-0.1, -0.05) is 0 Å². The number of hydrogen-bond acceptors (Lipinski definition) is 5. The average Bonchev–Trinajstić information content (AvgIpc) is 2.47. The Bertz CT molecular complexity index is 468. The second-order valence-electron chi connectivity index (χ2n) is 5.71. The number of anilines is 2. The van der Waals surface area contributed by atoms with Crippen LogP contribution in [0.4, 0.5) is 11.5 Å². The van der Waals surface area contributed by atoms with E-state index < -0.39 is 0 Å². The van der Waals surface area contributed by atoms with Crippen molar-refractivity contribution in [2.45, 2.75) is 38.9 Å². The fourth-order valence-corrected chi connectivity index (χ4v) is 2.61. The van der Waals surface area contributed by atoms with Crippen molar-refractivity contribution in [3.05, 3.63) is 18.3 Å². The molecule has 2 heterocycles. The highest BCUT2D eigenvalue weighted by Crippen LogP contribution is 2.19. The van der Waals surface area contributed by atoms with E-state index in [1.54, 1.807) is 13.3 Å². The summed E-state index contributed by atoms with van der Waals surface area (Å²) < 4.78 is 10.7. The topological polar surface area (TPSA) is 63.7 Å². The van der Waals surface area contributed by atoms with Gasteiger partial charge in [-0.3, -0.25) is 4.79 Å². The first-order valence-electron chi connectivity index (χ1n) is 7.73. The van der Waals surface area contributed by atoms with Gasteiger partial charge in [0.1, 0.15) is 5.82 Å². The molecule has 6 heteroatoms. The van der Waals surface area contributed by atoms with Crippen molar-refractivity contribution in [2.24, 2.45) is 0 Å². The molecule has 0 saturated carbocycles. The van der Waals surface area contributed by atoms with Gasteiger partial charge in [-0.2, -0.15) is 0 Å². The highest BCUT2D eigenvalue weighted by atomic mass is 16.5. The molecule has 0 radical (unpaired) electrons. The Morgan fingerprint density at radius 2 is 2.14 bits per heavy atom. The predicted octanol–water partition coefficient (Wildman–Crippen LogP) is 2.06. The summed E-state index contributed by atoms with van der Waals surface area (Å²) in [6.45, 7) is 6.40. The van der Waals surface area contributed by atoms with Crippen LogP contribution >= 0.6 is 0 Å². The zero-order chi connectivity index (χ0) is 15.9. The smallest absolute Gasteiger partial charge is 0.224 e. The predicted molar refractivity (Wildman–Crippen MR) is 86.2 cm³/mol. The Labute approximate surface area is 131 Å². The van der Waals surface area contributed by atoms with Crippen molar-refractivity contribution in [1.29, 1.82) is 0 Å². The normalized spacial score (nSPS) is 21.7. The minimum atomic E-state index is -0.0137. The molecule has 6 nitrogen and oxygen atoms in total. The number of morpholine rings is 1. The molecule has 1 aromatic rings. The van der Waals surface area contributed by atoms with Crippen LogP contribution in [-0.2, 0) is 14.3 Å². The second-order valence-corrected chi connectivity index (χ2v) is 5.71. The van der Waals surface area contributed by atoms with E-state index in [0.29, 0.717) is 13.0 Å².